The fourth-order valence-electron chi connectivity index (χ4n) is 2.24. The third-order valence-corrected chi connectivity index (χ3v) is 2.98. The summed E-state index contributed by atoms with van der Waals surface area (Å²) in [4.78, 5) is 12.1. The van der Waals surface area contributed by atoms with Gasteiger partial charge < -0.3 is 4.42 Å². The molecule has 0 aliphatic heterocycles. The third kappa shape index (κ3) is 1.63. The Labute approximate surface area is 105 Å². The van der Waals surface area contributed by atoms with Crippen molar-refractivity contribution in [3.05, 3.63) is 64.7 Å². The predicted octanol–water partition coefficient (Wildman–Crippen LogP) is 3.93. The molecule has 0 bridgehead atoms. The van der Waals surface area contributed by atoms with E-state index in [9.17, 15) is 4.79 Å². The maximum absolute atomic E-state index is 12.1. The molecular weight excluding hydrogens is 224 g/mol. The van der Waals surface area contributed by atoms with Crippen molar-refractivity contribution in [3.63, 3.8) is 0 Å². The van der Waals surface area contributed by atoms with E-state index in [0.29, 0.717) is 11.1 Å². The molecular formula is C16H12O2. The van der Waals surface area contributed by atoms with Crippen LogP contribution in [-0.2, 0) is 0 Å². The highest BCUT2D eigenvalue weighted by atomic mass is 16.4. The van der Waals surface area contributed by atoms with Crippen LogP contribution in [0.5, 0.6) is 0 Å². The van der Waals surface area contributed by atoms with Gasteiger partial charge in [0.1, 0.15) is 5.76 Å². The topological polar surface area (TPSA) is 30.2 Å². The van der Waals surface area contributed by atoms with E-state index in [4.69, 9.17) is 4.42 Å². The lowest BCUT2D eigenvalue weighted by Gasteiger charge is -1.94. The molecule has 0 spiro atoms. The first-order valence-electron chi connectivity index (χ1n) is 5.88. The molecule has 0 fully saturated rings. The van der Waals surface area contributed by atoms with Crippen LogP contribution in [0.2, 0.25) is 0 Å². The van der Waals surface area contributed by atoms with Crippen molar-refractivity contribution >= 4 is 16.8 Å². The molecule has 0 saturated carbocycles. The predicted molar refractivity (Wildman–Crippen MR) is 73.8 cm³/mol. The molecule has 1 aromatic rings. The quantitative estimate of drug-likeness (QED) is 0.640. The molecule has 0 atom stereocenters. The van der Waals surface area contributed by atoms with Gasteiger partial charge in [0.15, 0.2) is 0 Å². The fourth-order valence-corrected chi connectivity index (χ4v) is 2.24. The van der Waals surface area contributed by atoms with Crippen molar-refractivity contribution in [2.75, 3.05) is 0 Å². The van der Waals surface area contributed by atoms with Crippen LogP contribution in [0.15, 0.2) is 57.8 Å². The van der Waals surface area contributed by atoms with Crippen molar-refractivity contribution in [2.45, 2.75) is 6.92 Å². The van der Waals surface area contributed by atoms with Crippen LogP contribution in [0.4, 0.5) is 0 Å². The van der Waals surface area contributed by atoms with Crippen molar-refractivity contribution in [3.8, 4) is 11.1 Å². The molecule has 2 nitrogen and oxygen atoms in total. The van der Waals surface area contributed by atoms with E-state index in [1.165, 1.54) is 0 Å². The van der Waals surface area contributed by atoms with E-state index < -0.39 is 0 Å². The van der Waals surface area contributed by atoms with Crippen molar-refractivity contribution in [2.24, 2.45) is 0 Å². The van der Waals surface area contributed by atoms with E-state index in [0.717, 1.165) is 16.5 Å². The molecule has 1 heterocycles. The molecule has 0 amide bonds. The Morgan fingerprint density at radius 3 is 2.78 bits per heavy atom. The van der Waals surface area contributed by atoms with E-state index in [1.807, 2.05) is 55.5 Å². The van der Waals surface area contributed by atoms with Crippen molar-refractivity contribution in [1.29, 1.82) is 0 Å². The zero-order valence-corrected chi connectivity index (χ0v) is 10.0. The van der Waals surface area contributed by atoms with Crippen LogP contribution in [-0.4, -0.2) is 0 Å². The van der Waals surface area contributed by atoms with Crippen LogP contribution < -0.4 is 5.63 Å². The summed E-state index contributed by atoms with van der Waals surface area (Å²) in [5.41, 5.74) is 1.72. The Morgan fingerprint density at radius 2 is 1.94 bits per heavy atom. The van der Waals surface area contributed by atoms with E-state index in [2.05, 4.69) is 0 Å². The van der Waals surface area contributed by atoms with Gasteiger partial charge in [-0.1, -0.05) is 36.4 Å². The molecule has 1 aromatic heterocycles. The lowest BCUT2D eigenvalue weighted by atomic mass is 10.1. The molecule has 0 saturated heterocycles. The first-order chi connectivity index (χ1) is 8.79. The van der Waals surface area contributed by atoms with Crippen LogP contribution >= 0.6 is 0 Å². The molecule has 3 rings (SSSR count). The maximum Gasteiger partial charge on any atom is 0.344 e. The summed E-state index contributed by atoms with van der Waals surface area (Å²) in [6.45, 7) is 1.89. The molecule has 2 heteroatoms. The Balaban J connectivity index is 2.44. The molecule has 0 aromatic carbocycles. The first kappa shape index (κ1) is 10.8. The van der Waals surface area contributed by atoms with Crippen LogP contribution in [0.3, 0.4) is 0 Å². The van der Waals surface area contributed by atoms with Gasteiger partial charge in [0.2, 0.25) is 0 Å². The normalized spacial score (nSPS) is 11.6. The lowest BCUT2D eigenvalue weighted by molar-refractivity contribution is 0.510. The number of fused-ring (bicyclic) bond motifs is 3. The number of rotatable bonds is 1. The van der Waals surface area contributed by atoms with Crippen molar-refractivity contribution < 1.29 is 4.42 Å². The van der Waals surface area contributed by atoms with Gasteiger partial charge in [0.05, 0.1) is 5.39 Å². The number of hydrogen-bond acceptors (Lipinski definition) is 2. The third-order valence-electron chi connectivity index (χ3n) is 2.98. The first-order valence-corrected chi connectivity index (χ1v) is 5.88. The SMILES string of the molecule is CC=Cc1cc2cc3cccccc-3c2c(=O)o1. The van der Waals surface area contributed by atoms with Gasteiger partial charge in [-0.15, -0.1) is 0 Å². The zero-order valence-electron chi connectivity index (χ0n) is 10.0. The van der Waals surface area contributed by atoms with Gasteiger partial charge >= 0.3 is 5.63 Å². The van der Waals surface area contributed by atoms with Crippen molar-refractivity contribution in [1.82, 2.24) is 0 Å². The number of hydrogen-bond donors (Lipinski definition) is 0. The Bertz CT molecular complexity index is 766. The smallest absolute Gasteiger partial charge is 0.344 e. The second-order valence-corrected chi connectivity index (χ2v) is 4.19. The highest BCUT2D eigenvalue weighted by Crippen LogP contribution is 2.31. The fraction of sp³-hybridized carbons (Fsp3) is 0.0625. The molecule has 88 valence electrons. The average molecular weight is 236 g/mol. The second kappa shape index (κ2) is 4.15. The Hall–Kier alpha value is -2.35. The number of allylic oxidation sites excluding steroid dienone is 1. The largest absolute Gasteiger partial charge is 0.423 e. The molecule has 2 aliphatic carbocycles. The average Bonchev–Trinajstić information content (AvgIpc) is 2.53. The van der Waals surface area contributed by atoms with E-state index in [1.54, 1.807) is 6.08 Å². The molecule has 0 radical (unpaired) electrons. The standard InChI is InChI=1S/C16H12O2/c1-2-6-13-10-12-9-11-7-4-3-5-8-14(11)15(12)16(17)18-13/h2-10H,1H3. The van der Waals surface area contributed by atoms with Gasteiger partial charge in [-0.2, -0.15) is 0 Å². The summed E-state index contributed by atoms with van der Waals surface area (Å²) >= 11 is 0. The minimum absolute atomic E-state index is 0.276. The minimum Gasteiger partial charge on any atom is -0.423 e. The summed E-state index contributed by atoms with van der Waals surface area (Å²) in [6.07, 6.45) is 3.64. The lowest BCUT2D eigenvalue weighted by Crippen LogP contribution is -1.98. The second-order valence-electron chi connectivity index (χ2n) is 4.19. The highest BCUT2D eigenvalue weighted by Gasteiger charge is 2.13. The summed E-state index contributed by atoms with van der Waals surface area (Å²) in [5.74, 6) is 0.592. The molecule has 2 aliphatic rings. The molecule has 0 N–H and O–H groups in total. The summed E-state index contributed by atoms with van der Waals surface area (Å²) < 4.78 is 5.29. The van der Waals surface area contributed by atoms with Gasteiger partial charge in [0.25, 0.3) is 0 Å². The van der Waals surface area contributed by atoms with Gasteiger partial charge in [-0.25, -0.2) is 4.79 Å². The van der Waals surface area contributed by atoms with E-state index in [-0.39, 0.29) is 5.63 Å². The monoisotopic (exact) mass is 236 g/mol. The van der Waals surface area contributed by atoms with Gasteiger partial charge in [-0.05, 0) is 41.6 Å². The molecule has 18 heavy (non-hydrogen) atoms. The zero-order chi connectivity index (χ0) is 12.5. The Morgan fingerprint density at radius 1 is 1.11 bits per heavy atom. The maximum atomic E-state index is 12.1. The molecule has 0 unspecified atom stereocenters. The van der Waals surface area contributed by atoms with Gasteiger partial charge in [-0.3, -0.25) is 0 Å². The summed E-state index contributed by atoms with van der Waals surface area (Å²) in [6, 6.07) is 13.7. The summed E-state index contributed by atoms with van der Waals surface area (Å²) in [5, 5.41) is 1.59. The minimum atomic E-state index is -0.276. The van der Waals surface area contributed by atoms with Crippen LogP contribution in [0.1, 0.15) is 12.7 Å². The van der Waals surface area contributed by atoms with Crippen LogP contribution in [0, 0.1) is 0 Å². The summed E-state index contributed by atoms with van der Waals surface area (Å²) in [7, 11) is 0. The van der Waals surface area contributed by atoms with E-state index >= 15 is 0 Å². The highest BCUT2D eigenvalue weighted by molar-refractivity contribution is 6.01. The Kier molecular flexibility index (Phi) is 2.49. The van der Waals surface area contributed by atoms with Crippen LogP contribution in [0.25, 0.3) is 28.0 Å². The van der Waals surface area contributed by atoms with Gasteiger partial charge in [0, 0.05) is 0 Å².